The van der Waals surface area contributed by atoms with Crippen LogP contribution in [0.25, 0.3) is 0 Å². The van der Waals surface area contributed by atoms with Gasteiger partial charge >= 0.3 is 6.18 Å². The number of thiazole rings is 1. The minimum Gasteiger partial charge on any atom is -0.474 e. The Morgan fingerprint density at radius 3 is 2.45 bits per heavy atom. The van der Waals surface area contributed by atoms with E-state index in [1.807, 2.05) is 0 Å². The van der Waals surface area contributed by atoms with Crippen molar-refractivity contribution in [1.29, 1.82) is 0 Å². The maximum absolute atomic E-state index is 14.4. The normalized spacial score (nSPS) is 13.1. The van der Waals surface area contributed by atoms with Crippen LogP contribution in [0.2, 0.25) is 5.02 Å². The Morgan fingerprint density at radius 1 is 1.17 bits per heavy atom. The number of hydrogen-bond donors (Lipinski definition) is 1. The highest BCUT2D eigenvalue weighted by Crippen LogP contribution is 2.40. The smallest absolute Gasteiger partial charge is 0.429 e. The maximum atomic E-state index is 14.4. The second kappa shape index (κ2) is 8.17. The predicted octanol–water partition coefficient (Wildman–Crippen LogP) is 5.42. The summed E-state index contributed by atoms with van der Waals surface area (Å²) in [5.74, 6) is -1.98. The monoisotopic (exact) mass is 466 g/mol. The molecule has 0 bridgehead atoms. The van der Waals surface area contributed by atoms with Crippen LogP contribution in [0.3, 0.4) is 0 Å². The Bertz CT molecular complexity index is 1090. The molecule has 1 N–H and O–H groups in total. The van der Waals surface area contributed by atoms with Crippen LogP contribution >= 0.6 is 22.9 Å². The van der Waals surface area contributed by atoms with Crippen LogP contribution in [0, 0.1) is 5.82 Å². The van der Waals surface area contributed by atoms with Crippen LogP contribution in [0.5, 0.6) is 5.75 Å². The van der Waals surface area contributed by atoms with Gasteiger partial charge in [0.15, 0.2) is 5.13 Å². The van der Waals surface area contributed by atoms with Crippen molar-refractivity contribution in [2.75, 3.05) is 4.72 Å². The molecule has 1 heterocycles. The molecule has 1 atom stereocenters. The third-order valence-corrected chi connectivity index (χ3v) is 6.04. The van der Waals surface area contributed by atoms with Gasteiger partial charge in [0, 0.05) is 23.2 Å². The van der Waals surface area contributed by atoms with E-state index in [0.717, 1.165) is 11.3 Å². The van der Waals surface area contributed by atoms with E-state index in [-0.39, 0.29) is 10.7 Å². The van der Waals surface area contributed by atoms with E-state index < -0.39 is 43.8 Å². The van der Waals surface area contributed by atoms with E-state index in [9.17, 15) is 26.0 Å². The molecule has 3 rings (SSSR count). The molecule has 154 valence electrons. The van der Waals surface area contributed by atoms with Gasteiger partial charge in [-0.25, -0.2) is 17.8 Å². The summed E-state index contributed by atoms with van der Waals surface area (Å²) >= 11 is 6.87. The van der Waals surface area contributed by atoms with E-state index in [2.05, 4.69) is 9.71 Å². The number of ether oxygens (including phenoxy) is 1. The van der Waals surface area contributed by atoms with Gasteiger partial charge in [-0.2, -0.15) is 13.2 Å². The average molecular weight is 467 g/mol. The summed E-state index contributed by atoms with van der Waals surface area (Å²) in [4.78, 5) is 2.87. The number of hydrogen-bond acceptors (Lipinski definition) is 5. The number of aromatic nitrogens is 1. The molecule has 0 saturated heterocycles. The fourth-order valence-corrected chi connectivity index (χ4v) is 4.48. The van der Waals surface area contributed by atoms with Crippen LogP contribution in [0.4, 0.5) is 22.7 Å². The third-order valence-electron chi connectivity index (χ3n) is 3.57. The summed E-state index contributed by atoms with van der Waals surface area (Å²) < 4.78 is 86.4. The Balaban J connectivity index is 1.94. The van der Waals surface area contributed by atoms with Crippen LogP contribution < -0.4 is 9.46 Å². The van der Waals surface area contributed by atoms with E-state index in [4.69, 9.17) is 16.3 Å². The van der Waals surface area contributed by atoms with Crippen LogP contribution in [-0.2, 0) is 10.0 Å². The fraction of sp³-hybridized carbons (Fsp3) is 0.118. The summed E-state index contributed by atoms with van der Waals surface area (Å²) in [5, 5.41) is 0.983. The predicted molar refractivity (Wildman–Crippen MR) is 100 cm³/mol. The average Bonchev–Trinajstić information content (AvgIpc) is 3.13. The lowest BCUT2D eigenvalue weighted by Crippen LogP contribution is -2.26. The Kier molecular flexibility index (Phi) is 6.01. The zero-order valence-electron chi connectivity index (χ0n) is 14.2. The van der Waals surface area contributed by atoms with E-state index in [1.54, 1.807) is 0 Å². The summed E-state index contributed by atoms with van der Waals surface area (Å²) in [5.41, 5.74) is -0.224. The van der Waals surface area contributed by atoms with Gasteiger partial charge in [0.05, 0.1) is 5.02 Å². The lowest BCUT2D eigenvalue weighted by molar-refractivity contribution is -0.198. The van der Waals surface area contributed by atoms with Crippen LogP contribution in [-0.4, -0.2) is 19.6 Å². The molecule has 0 aliphatic carbocycles. The lowest BCUT2D eigenvalue weighted by Gasteiger charge is -2.23. The molecule has 0 aliphatic heterocycles. The van der Waals surface area contributed by atoms with Gasteiger partial charge in [-0.15, -0.1) is 11.3 Å². The summed E-state index contributed by atoms with van der Waals surface area (Å²) in [6.07, 6.45) is -5.90. The number of anilines is 1. The topological polar surface area (TPSA) is 68.3 Å². The fourth-order valence-electron chi connectivity index (χ4n) is 2.33. The number of benzene rings is 2. The summed E-state index contributed by atoms with van der Waals surface area (Å²) in [6, 6.07) is 7.87. The molecule has 0 fully saturated rings. The van der Waals surface area contributed by atoms with Gasteiger partial charge in [0.2, 0.25) is 6.10 Å². The molecule has 1 aromatic heterocycles. The van der Waals surface area contributed by atoms with E-state index in [0.29, 0.717) is 12.1 Å². The quantitative estimate of drug-likeness (QED) is 0.493. The Labute approximate surface area is 172 Å². The SMILES string of the molecule is O=S(=O)(Nc1nccs1)c1cc(Cl)c(OC(c2ccccc2)C(F)(F)F)cc1F. The van der Waals surface area contributed by atoms with Crippen molar-refractivity contribution in [1.82, 2.24) is 4.98 Å². The van der Waals surface area contributed by atoms with E-state index >= 15 is 0 Å². The van der Waals surface area contributed by atoms with Crippen molar-refractivity contribution >= 4 is 38.1 Å². The second-order valence-electron chi connectivity index (χ2n) is 5.61. The first kappa shape index (κ1) is 21.3. The van der Waals surface area contributed by atoms with Crippen molar-refractivity contribution < 1.29 is 30.7 Å². The molecule has 0 aliphatic rings. The first-order chi connectivity index (χ1) is 13.6. The zero-order valence-corrected chi connectivity index (χ0v) is 16.5. The molecule has 1 unspecified atom stereocenters. The highest BCUT2D eigenvalue weighted by atomic mass is 35.5. The van der Waals surface area contributed by atoms with Crippen molar-refractivity contribution in [3.05, 3.63) is 70.4 Å². The van der Waals surface area contributed by atoms with Crippen molar-refractivity contribution in [2.24, 2.45) is 0 Å². The van der Waals surface area contributed by atoms with Gasteiger partial charge < -0.3 is 4.74 Å². The van der Waals surface area contributed by atoms with Gasteiger partial charge in [-0.3, -0.25) is 4.72 Å². The largest absolute Gasteiger partial charge is 0.474 e. The number of nitrogens with one attached hydrogen (secondary N) is 1. The zero-order chi connectivity index (χ0) is 21.2. The molecule has 2 aromatic carbocycles. The highest BCUT2D eigenvalue weighted by molar-refractivity contribution is 7.93. The summed E-state index contributed by atoms with van der Waals surface area (Å²) in [6.45, 7) is 0. The minimum atomic E-state index is -4.82. The van der Waals surface area contributed by atoms with Crippen molar-refractivity contribution in [3.8, 4) is 5.75 Å². The standard InChI is InChI=1S/C17H11ClF4N2O3S2/c18-11-8-14(29(25,26)24-16-23-6-7-28-16)12(19)9-13(11)27-15(17(20,21)22)10-4-2-1-3-5-10/h1-9,15H,(H,23,24). The van der Waals surface area contributed by atoms with Crippen molar-refractivity contribution in [2.45, 2.75) is 17.2 Å². The molecule has 3 aromatic rings. The minimum absolute atomic E-state index is 0.0120. The highest BCUT2D eigenvalue weighted by Gasteiger charge is 2.43. The first-order valence-electron chi connectivity index (χ1n) is 7.77. The number of alkyl halides is 3. The number of halogens is 5. The Hall–Kier alpha value is -2.37. The molecule has 0 saturated carbocycles. The summed E-state index contributed by atoms with van der Waals surface area (Å²) in [7, 11) is -4.40. The molecule has 12 heteroatoms. The Morgan fingerprint density at radius 2 is 1.86 bits per heavy atom. The molecule has 0 amide bonds. The van der Waals surface area contributed by atoms with Crippen molar-refractivity contribution in [3.63, 3.8) is 0 Å². The molecule has 0 radical (unpaired) electrons. The molecular formula is C17H11ClF4N2O3S2. The number of sulfonamides is 1. The number of nitrogens with zero attached hydrogens (tertiary/aromatic N) is 1. The first-order valence-corrected chi connectivity index (χ1v) is 10.5. The van der Waals surface area contributed by atoms with E-state index in [1.165, 1.54) is 41.9 Å². The second-order valence-corrected chi connectivity index (χ2v) is 8.56. The maximum Gasteiger partial charge on any atom is 0.429 e. The molecule has 0 spiro atoms. The van der Waals surface area contributed by atoms with Gasteiger partial charge in [0.1, 0.15) is 16.5 Å². The van der Waals surface area contributed by atoms with Gasteiger partial charge in [-0.1, -0.05) is 41.9 Å². The lowest BCUT2D eigenvalue weighted by atomic mass is 10.1. The van der Waals surface area contributed by atoms with Crippen LogP contribution in [0.1, 0.15) is 11.7 Å². The number of rotatable bonds is 6. The van der Waals surface area contributed by atoms with Gasteiger partial charge in [0.25, 0.3) is 10.0 Å². The van der Waals surface area contributed by atoms with Gasteiger partial charge in [-0.05, 0) is 6.07 Å². The molecular weight excluding hydrogens is 456 g/mol. The van der Waals surface area contributed by atoms with Crippen LogP contribution in [0.15, 0.2) is 58.9 Å². The molecule has 5 nitrogen and oxygen atoms in total. The molecule has 29 heavy (non-hydrogen) atoms. The third kappa shape index (κ3) is 4.98.